The standard InChI is InChI=1S/C27H24O4/c1-17-14-21(30-26(29)19-8-6-5-7-9-19)16-22-24(17)25(28)23(31-22)15-18-10-12-20(13-11-18)27(2,3)4/h5-16H,1-4H3/b23-15-. The van der Waals surface area contributed by atoms with Gasteiger partial charge in [0.1, 0.15) is 11.5 Å². The summed E-state index contributed by atoms with van der Waals surface area (Å²) >= 11 is 0. The van der Waals surface area contributed by atoms with Gasteiger partial charge in [-0.15, -0.1) is 0 Å². The summed E-state index contributed by atoms with van der Waals surface area (Å²) in [7, 11) is 0. The predicted molar refractivity (Wildman–Crippen MR) is 121 cm³/mol. The van der Waals surface area contributed by atoms with E-state index in [1.807, 2.05) is 18.2 Å². The first-order valence-corrected chi connectivity index (χ1v) is 10.2. The Morgan fingerprint density at radius 2 is 1.65 bits per heavy atom. The summed E-state index contributed by atoms with van der Waals surface area (Å²) in [5.74, 6) is 0.368. The van der Waals surface area contributed by atoms with Gasteiger partial charge in [-0.1, -0.05) is 63.2 Å². The smallest absolute Gasteiger partial charge is 0.343 e. The molecule has 0 spiro atoms. The molecule has 3 aromatic rings. The maximum absolute atomic E-state index is 12.9. The molecule has 0 unspecified atom stereocenters. The number of hydrogen-bond acceptors (Lipinski definition) is 4. The number of allylic oxidation sites excluding steroid dienone is 1. The molecule has 4 heteroatoms. The van der Waals surface area contributed by atoms with E-state index in [4.69, 9.17) is 9.47 Å². The fourth-order valence-electron chi connectivity index (χ4n) is 3.51. The first-order chi connectivity index (χ1) is 14.7. The number of ether oxygens (including phenoxy) is 2. The lowest BCUT2D eigenvalue weighted by Gasteiger charge is -2.18. The first-order valence-electron chi connectivity index (χ1n) is 10.2. The van der Waals surface area contributed by atoms with Gasteiger partial charge in [-0.25, -0.2) is 4.79 Å². The minimum absolute atomic E-state index is 0.0618. The average Bonchev–Trinajstić information content (AvgIpc) is 3.04. The molecular weight excluding hydrogens is 388 g/mol. The third-order valence-electron chi connectivity index (χ3n) is 5.24. The number of hydrogen-bond donors (Lipinski definition) is 0. The molecule has 3 aromatic carbocycles. The Balaban J connectivity index is 1.58. The van der Waals surface area contributed by atoms with Crippen LogP contribution in [-0.2, 0) is 5.41 Å². The SMILES string of the molecule is Cc1cc(OC(=O)c2ccccc2)cc2c1C(=O)/C(=C/c1ccc(C(C)(C)C)cc1)O2. The Bertz CT molecular complexity index is 1180. The van der Waals surface area contributed by atoms with Crippen LogP contribution in [0, 0.1) is 6.92 Å². The highest BCUT2D eigenvalue weighted by atomic mass is 16.5. The number of aryl methyl sites for hydroxylation is 1. The van der Waals surface area contributed by atoms with Gasteiger partial charge in [0.15, 0.2) is 5.76 Å². The van der Waals surface area contributed by atoms with E-state index in [-0.39, 0.29) is 17.0 Å². The zero-order valence-electron chi connectivity index (χ0n) is 18.1. The van der Waals surface area contributed by atoms with Crippen LogP contribution in [0.2, 0.25) is 0 Å². The number of ketones is 1. The summed E-state index contributed by atoms with van der Waals surface area (Å²) < 4.78 is 11.3. The quantitative estimate of drug-likeness (QED) is 0.295. The molecule has 0 radical (unpaired) electrons. The van der Waals surface area contributed by atoms with Gasteiger partial charge in [0, 0.05) is 6.07 Å². The van der Waals surface area contributed by atoms with E-state index >= 15 is 0 Å². The van der Waals surface area contributed by atoms with Crippen molar-refractivity contribution in [1.29, 1.82) is 0 Å². The summed E-state index contributed by atoms with van der Waals surface area (Å²) in [4.78, 5) is 25.3. The lowest BCUT2D eigenvalue weighted by Crippen LogP contribution is -2.10. The van der Waals surface area contributed by atoms with Crippen molar-refractivity contribution in [3.05, 3.63) is 100 Å². The summed E-state index contributed by atoms with van der Waals surface area (Å²) in [5, 5.41) is 0. The number of carbonyl (C=O) groups is 2. The molecule has 0 saturated heterocycles. The average molecular weight is 412 g/mol. The molecular formula is C27H24O4. The third kappa shape index (κ3) is 4.29. The molecule has 4 nitrogen and oxygen atoms in total. The lowest BCUT2D eigenvalue weighted by molar-refractivity contribution is 0.0734. The number of esters is 1. The number of carbonyl (C=O) groups excluding carboxylic acids is 2. The monoisotopic (exact) mass is 412 g/mol. The van der Waals surface area contributed by atoms with Crippen molar-refractivity contribution in [1.82, 2.24) is 0 Å². The molecule has 4 rings (SSSR count). The molecule has 1 heterocycles. The van der Waals surface area contributed by atoms with Crippen molar-refractivity contribution < 1.29 is 19.1 Å². The summed E-state index contributed by atoms with van der Waals surface area (Å²) in [6, 6.07) is 20.1. The van der Waals surface area contributed by atoms with E-state index in [9.17, 15) is 9.59 Å². The van der Waals surface area contributed by atoms with Crippen molar-refractivity contribution in [2.45, 2.75) is 33.1 Å². The van der Waals surface area contributed by atoms with E-state index in [1.54, 1.807) is 49.4 Å². The Hall–Kier alpha value is -3.66. The highest BCUT2D eigenvalue weighted by Gasteiger charge is 2.30. The minimum Gasteiger partial charge on any atom is -0.452 e. The van der Waals surface area contributed by atoms with Gasteiger partial charge in [-0.3, -0.25) is 4.79 Å². The Morgan fingerprint density at radius 1 is 0.968 bits per heavy atom. The predicted octanol–water partition coefficient (Wildman–Crippen LogP) is 6.13. The summed E-state index contributed by atoms with van der Waals surface area (Å²) in [5.41, 5.74) is 3.82. The molecule has 1 aliphatic rings. The zero-order chi connectivity index (χ0) is 22.2. The third-order valence-corrected chi connectivity index (χ3v) is 5.24. The minimum atomic E-state index is -0.459. The number of fused-ring (bicyclic) bond motifs is 1. The first kappa shape index (κ1) is 20.6. The van der Waals surface area contributed by atoms with Gasteiger partial charge in [0.25, 0.3) is 0 Å². The van der Waals surface area contributed by atoms with E-state index in [2.05, 4.69) is 32.9 Å². The molecule has 0 bridgehead atoms. The van der Waals surface area contributed by atoms with Crippen LogP contribution >= 0.6 is 0 Å². The maximum Gasteiger partial charge on any atom is 0.343 e. The Labute approximate surface area is 182 Å². The van der Waals surface area contributed by atoms with Crippen LogP contribution < -0.4 is 9.47 Å². The second kappa shape index (κ2) is 7.88. The number of Topliss-reactive ketones (excluding diaryl/α,β-unsaturated/α-hetero) is 1. The fourth-order valence-corrected chi connectivity index (χ4v) is 3.51. The second-order valence-electron chi connectivity index (χ2n) is 8.68. The molecule has 0 aliphatic carbocycles. The normalized spacial score (nSPS) is 14.3. The van der Waals surface area contributed by atoms with Crippen molar-refractivity contribution in [2.24, 2.45) is 0 Å². The van der Waals surface area contributed by atoms with Crippen LogP contribution in [0.1, 0.15) is 58.2 Å². The Kier molecular flexibility index (Phi) is 5.24. The van der Waals surface area contributed by atoms with E-state index in [0.717, 1.165) is 5.56 Å². The van der Waals surface area contributed by atoms with E-state index < -0.39 is 5.97 Å². The van der Waals surface area contributed by atoms with Crippen LogP contribution in [-0.4, -0.2) is 11.8 Å². The number of rotatable bonds is 3. The molecule has 31 heavy (non-hydrogen) atoms. The molecule has 156 valence electrons. The molecule has 0 N–H and O–H groups in total. The molecule has 0 fully saturated rings. The highest BCUT2D eigenvalue weighted by Crippen LogP contribution is 2.38. The van der Waals surface area contributed by atoms with Crippen molar-refractivity contribution >= 4 is 17.8 Å². The molecule has 0 atom stereocenters. The van der Waals surface area contributed by atoms with E-state index in [0.29, 0.717) is 28.2 Å². The molecule has 0 saturated carbocycles. The van der Waals surface area contributed by atoms with Crippen LogP contribution in [0.25, 0.3) is 6.08 Å². The molecule has 0 aromatic heterocycles. The largest absolute Gasteiger partial charge is 0.452 e. The van der Waals surface area contributed by atoms with Crippen molar-refractivity contribution in [3.63, 3.8) is 0 Å². The number of benzene rings is 3. The van der Waals surface area contributed by atoms with Crippen LogP contribution in [0.15, 0.2) is 72.5 Å². The van der Waals surface area contributed by atoms with Gasteiger partial charge in [-0.05, 0) is 53.3 Å². The fraction of sp³-hybridized carbons (Fsp3) is 0.185. The van der Waals surface area contributed by atoms with Crippen LogP contribution in [0.4, 0.5) is 0 Å². The van der Waals surface area contributed by atoms with Crippen molar-refractivity contribution in [2.75, 3.05) is 0 Å². The van der Waals surface area contributed by atoms with Gasteiger partial charge in [0.05, 0.1) is 11.1 Å². The van der Waals surface area contributed by atoms with E-state index in [1.165, 1.54) is 5.56 Å². The zero-order valence-corrected chi connectivity index (χ0v) is 18.1. The highest BCUT2D eigenvalue weighted by molar-refractivity contribution is 6.15. The maximum atomic E-state index is 12.9. The van der Waals surface area contributed by atoms with Gasteiger partial charge in [-0.2, -0.15) is 0 Å². The van der Waals surface area contributed by atoms with Crippen LogP contribution in [0.3, 0.4) is 0 Å². The van der Waals surface area contributed by atoms with Gasteiger partial charge < -0.3 is 9.47 Å². The lowest BCUT2D eigenvalue weighted by atomic mass is 9.86. The summed E-state index contributed by atoms with van der Waals surface area (Å²) in [6.45, 7) is 8.28. The Morgan fingerprint density at radius 3 is 2.29 bits per heavy atom. The molecule has 1 aliphatic heterocycles. The van der Waals surface area contributed by atoms with Gasteiger partial charge >= 0.3 is 5.97 Å². The molecule has 0 amide bonds. The summed E-state index contributed by atoms with van der Waals surface area (Å²) in [6.07, 6.45) is 1.74. The van der Waals surface area contributed by atoms with Gasteiger partial charge in [0.2, 0.25) is 5.78 Å². The van der Waals surface area contributed by atoms with Crippen LogP contribution in [0.5, 0.6) is 11.5 Å². The van der Waals surface area contributed by atoms with Crippen molar-refractivity contribution in [3.8, 4) is 11.5 Å². The second-order valence-corrected chi connectivity index (χ2v) is 8.68. The topological polar surface area (TPSA) is 52.6 Å².